The van der Waals surface area contributed by atoms with E-state index in [4.69, 9.17) is 5.11 Å². The van der Waals surface area contributed by atoms with Crippen molar-refractivity contribution in [1.82, 2.24) is 0 Å². The number of carboxylic acids is 1. The Kier molecular flexibility index (Phi) is 3.02. The number of hydrogen-bond donors (Lipinski definition) is 1. The van der Waals surface area contributed by atoms with Crippen LogP contribution in [-0.2, 0) is 0 Å². The van der Waals surface area contributed by atoms with Crippen molar-refractivity contribution in [3.63, 3.8) is 0 Å². The van der Waals surface area contributed by atoms with Gasteiger partial charge in [0.05, 0.1) is 5.56 Å². The van der Waals surface area contributed by atoms with Gasteiger partial charge in [-0.05, 0) is 23.6 Å². The molecule has 3 nitrogen and oxygen atoms in total. The minimum Gasteiger partial charge on any atom is -0.478 e. The molecule has 1 rings (SSSR count). The highest BCUT2D eigenvalue weighted by atomic mass is 16.4. The molecule has 0 saturated heterocycles. The molecule has 0 aliphatic carbocycles. The molecular weight excluding hydrogens is 180 g/mol. The summed E-state index contributed by atoms with van der Waals surface area (Å²) in [5.74, 6) is -0.821. The third-order valence-electron chi connectivity index (χ3n) is 2.08. The van der Waals surface area contributed by atoms with Gasteiger partial charge in [-0.25, -0.2) is 4.79 Å². The number of benzene rings is 1. The van der Waals surface area contributed by atoms with Gasteiger partial charge in [-0.15, -0.1) is 0 Å². The van der Waals surface area contributed by atoms with E-state index in [0.717, 1.165) is 11.8 Å². The molecule has 0 aromatic heterocycles. The van der Waals surface area contributed by atoms with Gasteiger partial charge in [0.1, 0.15) is 6.29 Å². The largest absolute Gasteiger partial charge is 0.478 e. The highest BCUT2D eigenvalue weighted by Gasteiger charge is 2.10. The topological polar surface area (TPSA) is 54.4 Å². The molecule has 0 fully saturated rings. The Hall–Kier alpha value is -1.64. The molecule has 0 radical (unpaired) electrons. The molecule has 3 heteroatoms. The summed E-state index contributed by atoms with van der Waals surface area (Å²) < 4.78 is 0. The van der Waals surface area contributed by atoms with Crippen LogP contribution in [0.1, 0.15) is 46.0 Å². The molecule has 1 N–H and O–H groups in total. The third kappa shape index (κ3) is 1.99. The van der Waals surface area contributed by atoms with E-state index in [0.29, 0.717) is 5.56 Å². The van der Waals surface area contributed by atoms with Crippen LogP contribution in [0.15, 0.2) is 18.2 Å². The predicted octanol–water partition coefficient (Wildman–Crippen LogP) is 2.32. The minimum absolute atomic E-state index is 0.148. The molecule has 0 spiro atoms. The summed E-state index contributed by atoms with van der Waals surface area (Å²) in [5, 5.41) is 8.77. The first-order chi connectivity index (χ1) is 6.56. The van der Waals surface area contributed by atoms with E-state index < -0.39 is 5.97 Å². The maximum atomic E-state index is 10.7. The second kappa shape index (κ2) is 4.05. The van der Waals surface area contributed by atoms with Gasteiger partial charge in [0.2, 0.25) is 0 Å². The van der Waals surface area contributed by atoms with Crippen LogP contribution in [0.3, 0.4) is 0 Å². The minimum atomic E-state index is -0.968. The first-order valence-electron chi connectivity index (χ1n) is 4.38. The summed E-state index contributed by atoms with van der Waals surface area (Å²) >= 11 is 0. The zero-order valence-corrected chi connectivity index (χ0v) is 8.15. The van der Waals surface area contributed by atoms with Gasteiger partial charge >= 0.3 is 5.97 Å². The summed E-state index contributed by atoms with van der Waals surface area (Å²) in [5.41, 5.74) is 1.56. The van der Waals surface area contributed by atoms with Crippen LogP contribution in [0.2, 0.25) is 0 Å². The first kappa shape index (κ1) is 10.4. The number of aldehydes is 1. The second-order valence-corrected chi connectivity index (χ2v) is 3.42. The van der Waals surface area contributed by atoms with E-state index in [2.05, 4.69) is 0 Å². The van der Waals surface area contributed by atoms with E-state index in [9.17, 15) is 9.59 Å². The summed E-state index contributed by atoms with van der Waals surface area (Å²) in [6.07, 6.45) is 0.751. The zero-order chi connectivity index (χ0) is 10.7. The summed E-state index contributed by atoms with van der Waals surface area (Å²) in [7, 11) is 0. The Balaban J connectivity index is 3.27. The lowest BCUT2D eigenvalue weighted by Gasteiger charge is -2.09. The van der Waals surface area contributed by atoms with Crippen molar-refractivity contribution in [2.45, 2.75) is 19.8 Å². The van der Waals surface area contributed by atoms with Crippen LogP contribution in [0.5, 0.6) is 0 Å². The van der Waals surface area contributed by atoms with Gasteiger partial charge < -0.3 is 5.11 Å². The Labute approximate surface area is 82.4 Å². The van der Waals surface area contributed by atoms with Gasteiger partial charge in [-0.3, -0.25) is 4.79 Å². The van der Waals surface area contributed by atoms with E-state index in [-0.39, 0.29) is 11.5 Å². The highest BCUT2D eigenvalue weighted by molar-refractivity contribution is 5.89. The predicted molar refractivity (Wildman–Crippen MR) is 52.9 cm³/mol. The SMILES string of the molecule is CC(C)c1cc(C(=O)O)ccc1C=O. The number of carbonyl (C=O) groups is 2. The molecule has 1 aromatic carbocycles. The van der Waals surface area contributed by atoms with Crippen LogP contribution in [0, 0.1) is 0 Å². The van der Waals surface area contributed by atoms with Crippen molar-refractivity contribution in [3.05, 3.63) is 34.9 Å². The summed E-state index contributed by atoms with van der Waals surface area (Å²) in [6.45, 7) is 3.85. The molecule has 14 heavy (non-hydrogen) atoms. The normalized spacial score (nSPS) is 10.2. The third-order valence-corrected chi connectivity index (χ3v) is 2.08. The number of hydrogen-bond acceptors (Lipinski definition) is 2. The van der Waals surface area contributed by atoms with E-state index >= 15 is 0 Å². The molecule has 0 bridgehead atoms. The smallest absolute Gasteiger partial charge is 0.335 e. The Morgan fingerprint density at radius 2 is 2.07 bits per heavy atom. The van der Waals surface area contributed by atoms with Gasteiger partial charge in [-0.1, -0.05) is 19.9 Å². The lowest BCUT2D eigenvalue weighted by Crippen LogP contribution is -2.01. The number of aromatic carboxylic acids is 1. The molecule has 74 valence electrons. The molecule has 0 saturated carbocycles. The first-order valence-corrected chi connectivity index (χ1v) is 4.38. The average Bonchev–Trinajstić information content (AvgIpc) is 2.16. The van der Waals surface area contributed by atoms with E-state index in [1.165, 1.54) is 6.07 Å². The fourth-order valence-electron chi connectivity index (χ4n) is 1.32. The maximum Gasteiger partial charge on any atom is 0.335 e. The van der Waals surface area contributed by atoms with Crippen molar-refractivity contribution >= 4 is 12.3 Å². The van der Waals surface area contributed by atoms with Gasteiger partial charge in [0.25, 0.3) is 0 Å². The average molecular weight is 192 g/mol. The summed E-state index contributed by atoms with van der Waals surface area (Å²) in [4.78, 5) is 21.4. The fraction of sp³-hybridized carbons (Fsp3) is 0.273. The Morgan fingerprint density at radius 3 is 2.50 bits per heavy atom. The van der Waals surface area contributed by atoms with Crippen molar-refractivity contribution in [1.29, 1.82) is 0 Å². The molecular formula is C11H12O3. The van der Waals surface area contributed by atoms with Crippen molar-refractivity contribution < 1.29 is 14.7 Å². The quantitative estimate of drug-likeness (QED) is 0.747. The van der Waals surface area contributed by atoms with Crippen LogP contribution < -0.4 is 0 Å². The van der Waals surface area contributed by atoms with Crippen LogP contribution >= 0.6 is 0 Å². The van der Waals surface area contributed by atoms with Gasteiger partial charge in [0, 0.05) is 5.56 Å². The van der Waals surface area contributed by atoms with Crippen molar-refractivity contribution in [2.24, 2.45) is 0 Å². The molecule has 0 heterocycles. The molecule has 0 unspecified atom stereocenters. The van der Waals surface area contributed by atoms with E-state index in [1.54, 1.807) is 12.1 Å². The van der Waals surface area contributed by atoms with E-state index in [1.807, 2.05) is 13.8 Å². The standard InChI is InChI=1S/C11H12O3/c1-7(2)10-5-8(11(13)14)3-4-9(10)6-12/h3-7H,1-2H3,(H,13,14). The van der Waals surface area contributed by atoms with Crippen molar-refractivity contribution in [2.75, 3.05) is 0 Å². The maximum absolute atomic E-state index is 10.7. The van der Waals surface area contributed by atoms with Gasteiger partial charge in [-0.2, -0.15) is 0 Å². The zero-order valence-electron chi connectivity index (χ0n) is 8.15. The molecule has 0 aliphatic heterocycles. The number of carboxylic acid groups (broad SMARTS) is 1. The molecule has 0 atom stereocenters. The lowest BCUT2D eigenvalue weighted by molar-refractivity contribution is 0.0696. The number of carbonyl (C=O) groups excluding carboxylic acids is 1. The van der Waals surface area contributed by atoms with Crippen LogP contribution in [-0.4, -0.2) is 17.4 Å². The van der Waals surface area contributed by atoms with Gasteiger partial charge in [0.15, 0.2) is 0 Å². The highest BCUT2D eigenvalue weighted by Crippen LogP contribution is 2.19. The summed E-state index contributed by atoms with van der Waals surface area (Å²) in [6, 6.07) is 4.54. The molecule has 0 aliphatic rings. The Bertz CT molecular complexity index is 367. The van der Waals surface area contributed by atoms with Crippen molar-refractivity contribution in [3.8, 4) is 0 Å². The van der Waals surface area contributed by atoms with Crippen LogP contribution in [0.4, 0.5) is 0 Å². The van der Waals surface area contributed by atoms with Crippen LogP contribution in [0.25, 0.3) is 0 Å². The molecule has 0 amide bonds. The second-order valence-electron chi connectivity index (χ2n) is 3.42. The Morgan fingerprint density at radius 1 is 1.43 bits per heavy atom. The number of rotatable bonds is 3. The molecule has 1 aromatic rings. The lowest BCUT2D eigenvalue weighted by atomic mass is 9.96. The fourth-order valence-corrected chi connectivity index (χ4v) is 1.32. The monoisotopic (exact) mass is 192 g/mol.